The Morgan fingerprint density at radius 1 is 0.729 bits per heavy atom. The molecule has 0 heterocycles. The van der Waals surface area contributed by atoms with Crippen LogP contribution in [0.5, 0.6) is 0 Å². The van der Waals surface area contributed by atoms with Gasteiger partial charge < -0.3 is 29.2 Å². The maximum absolute atomic E-state index is 13.0. The molecule has 21 heteroatoms. The van der Waals surface area contributed by atoms with E-state index in [1.807, 2.05) is 30.3 Å². The highest BCUT2D eigenvalue weighted by Crippen LogP contribution is 2.28. The third-order valence-corrected chi connectivity index (χ3v) is 8.92. The van der Waals surface area contributed by atoms with Gasteiger partial charge in [-0.1, -0.05) is 64.2 Å². The highest BCUT2D eigenvalue weighted by molar-refractivity contribution is 7.87. The van der Waals surface area contributed by atoms with Gasteiger partial charge in [-0.3, -0.25) is 0 Å². The maximum Gasteiger partial charge on any atom is 0.407 e. The molecule has 2 aliphatic carbocycles. The number of benzene rings is 1. The van der Waals surface area contributed by atoms with E-state index in [1.165, 1.54) is 0 Å². The summed E-state index contributed by atoms with van der Waals surface area (Å²) in [6.07, 6.45) is -0.502. The summed E-state index contributed by atoms with van der Waals surface area (Å²) in [5.41, 5.74) is 0. The number of halogens is 6. The number of ether oxygens (including phenoxy) is 2. The van der Waals surface area contributed by atoms with E-state index in [0.29, 0.717) is 25.7 Å². The molecule has 3 rings (SSSR count). The van der Waals surface area contributed by atoms with E-state index in [-0.39, 0.29) is 19.5 Å². The van der Waals surface area contributed by atoms with Crippen molar-refractivity contribution in [3.8, 4) is 0 Å². The van der Waals surface area contributed by atoms with Gasteiger partial charge in [-0.05, 0) is 50.4 Å². The fourth-order valence-electron chi connectivity index (χ4n) is 4.15. The van der Waals surface area contributed by atoms with Gasteiger partial charge in [-0.15, -0.1) is 0 Å². The largest absolute Gasteiger partial charge is 0.743 e. The maximum atomic E-state index is 13.0. The lowest BCUT2D eigenvalue weighted by atomic mass is 9.96. The van der Waals surface area contributed by atoms with E-state index in [4.69, 9.17) is 0 Å². The third kappa shape index (κ3) is 16.3. The summed E-state index contributed by atoms with van der Waals surface area (Å²) in [6.45, 7) is -3.01. The molecule has 1 aromatic rings. The first-order valence-corrected chi connectivity index (χ1v) is 17.6. The minimum atomic E-state index is -6.15. The molecule has 0 aromatic heterocycles. The minimum Gasteiger partial charge on any atom is -0.743 e. The third-order valence-electron chi connectivity index (χ3n) is 6.75. The molecule has 0 radical (unpaired) electrons. The van der Waals surface area contributed by atoms with Crippen molar-refractivity contribution in [3.63, 3.8) is 0 Å². The topological polar surface area (TPSA) is 191 Å². The van der Waals surface area contributed by atoms with Gasteiger partial charge in [0.15, 0.2) is 20.2 Å². The van der Waals surface area contributed by atoms with E-state index < -0.39 is 68.5 Å². The molecule has 2 unspecified atom stereocenters. The summed E-state index contributed by atoms with van der Waals surface area (Å²) in [6, 6.07) is 9.62. The highest BCUT2D eigenvalue weighted by atomic mass is 32.2. The Labute approximate surface area is 281 Å². The summed E-state index contributed by atoms with van der Waals surface area (Å²) in [5, 5.41) is -5.53. The lowest BCUT2D eigenvalue weighted by Gasteiger charge is -2.24. The molecule has 0 spiro atoms. The van der Waals surface area contributed by atoms with Crippen LogP contribution in [0.3, 0.4) is 0 Å². The Kier molecular flexibility index (Phi) is 19.8. The fourth-order valence-corrected chi connectivity index (χ4v) is 5.11. The van der Waals surface area contributed by atoms with Crippen molar-refractivity contribution in [2.45, 2.75) is 111 Å². The Morgan fingerprint density at radius 3 is 1.29 bits per heavy atom. The number of carbonyl (C=O) groups excluding carboxylic acids is 2. The predicted octanol–water partition coefficient (Wildman–Crippen LogP) is 4.74. The van der Waals surface area contributed by atoms with Gasteiger partial charge in [-0.2, -0.15) is 17.6 Å². The van der Waals surface area contributed by atoms with Crippen LogP contribution in [0.15, 0.2) is 35.2 Å². The van der Waals surface area contributed by atoms with Crippen LogP contribution >= 0.6 is 0 Å². The Morgan fingerprint density at radius 2 is 1.04 bits per heavy atom. The molecule has 2 N–H and O–H groups in total. The van der Waals surface area contributed by atoms with Gasteiger partial charge in [-0.25, -0.2) is 35.2 Å². The van der Waals surface area contributed by atoms with Gasteiger partial charge in [0, 0.05) is 12.1 Å². The van der Waals surface area contributed by atoms with Gasteiger partial charge in [0.1, 0.15) is 18.1 Å². The standard InChI is InChI=1S/2C10H16F3NO5S.C6H6S.CH4/c2*11-8(10(12,13)20(16,17)18)6-19-9(15)14-7-4-2-1-3-5-7;7-6-4-2-1-3-5-6;/h2*7-8H,1-6H2,(H,14,15)(H,16,17,18);1-5,7H;1H4/p-1. The summed E-state index contributed by atoms with van der Waals surface area (Å²) >= 11 is 3.36. The van der Waals surface area contributed by atoms with Crippen LogP contribution in [-0.4, -0.2) is 86.3 Å². The van der Waals surface area contributed by atoms with Crippen molar-refractivity contribution < 1.29 is 71.3 Å². The van der Waals surface area contributed by atoms with Crippen molar-refractivity contribution in [3.05, 3.63) is 30.3 Å². The monoisotopic (exact) mass is 763 g/mol. The van der Waals surface area contributed by atoms with Crippen molar-refractivity contribution in [1.82, 2.24) is 10.6 Å². The van der Waals surface area contributed by atoms with Gasteiger partial charge in [0.25, 0.3) is 0 Å². The van der Waals surface area contributed by atoms with E-state index in [0.717, 1.165) is 43.4 Å². The first kappa shape index (κ1) is 45.5. The molecule has 2 aliphatic rings. The molecule has 0 aliphatic heterocycles. The van der Waals surface area contributed by atoms with Gasteiger partial charge in [0.05, 0.1) is 0 Å². The number of amides is 2. The molecule has 2 saturated carbocycles. The molecule has 1 aromatic carbocycles. The molecule has 12 nitrogen and oxygen atoms in total. The summed E-state index contributed by atoms with van der Waals surface area (Å²) < 4.78 is 146. The molecular formula is C27H41F6N2O10S3-. The lowest BCUT2D eigenvalue weighted by molar-refractivity contribution is -0.0313. The van der Waals surface area contributed by atoms with Crippen molar-refractivity contribution >= 4 is 45.1 Å². The van der Waals surface area contributed by atoms with Crippen LogP contribution in [0, 0.1) is 0 Å². The SMILES string of the molecule is C.O=C(NC1CCCCC1)OCC(F)C(F)(F)S(=O)(=O)[O-].O=C(NC1CCCCC1)OCC(F)C(F)(F)S(=O)(=O)[O-].[SH2+]c1ccccc1. The summed E-state index contributed by atoms with van der Waals surface area (Å²) in [5.74, 6) is 0. The number of alkyl halides is 6. The van der Waals surface area contributed by atoms with Crippen molar-refractivity contribution in [1.29, 1.82) is 0 Å². The lowest BCUT2D eigenvalue weighted by Crippen LogP contribution is -2.43. The second-order valence-corrected chi connectivity index (χ2v) is 14.0. The number of alkyl carbamates (subject to hydrolysis) is 2. The number of rotatable bonds is 10. The molecule has 280 valence electrons. The average Bonchev–Trinajstić information content (AvgIpc) is 2.99. The molecular weight excluding hydrogens is 722 g/mol. The predicted molar refractivity (Wildman–Crippen MR) is 163 cm³/mol. The fraction of sp³-hybridized carbons (Fsp3) is 0.704. The summed E-state index contributed by atoms with van der Waals surface area (Å²) in [7, 11) is -12.3. The van der Waals surface area contributed by atoms with E-state index in [1.54, 1.807) is 0 Å². The first-order chi connectivity index (χ1) is 21.7. The van der Waals surface area contributed by atoms with E-state index in [2.05, 4.69) is 32.7 Å². The number of hydrogen-bond donors (Lipinski definition) is 2. The molecule has 48 heavy (non-hydrogen) atoms. The zero-order valence-corrected chi connectivity index (χ0v) is 27.5. The zero-order chi connectivity index (χ0) is 35.9. The highest BCUT2D eigenvalue weighted by Gasteiger charge is 2.49. The molecule has 2 amide bonds. The normalized spacial score (nSPS) is 17.4. The van der Waals surface area contributed by atoms with Crippen LogP contribution in [-0.2, 0) is 42.3 Å². The second-order valence-electron chi connectivity index (χ2n) is 10.5. The molecule has 0 bridgehead atoms. The van der Waals surface area contributed by atoms with Crippen molar-refractivity contribution in [2.75, 3.05) is 13.2 Å². The second kappa shape index (κ2) is 20.9. The van der Waals surface area contributed by atoms with E-state index >= 15 is 0 Å². The van der Waals surface area contributed by atoms with Gasteiger partial charge in [0.2, 0.25) is 12.3 Å². The quantitative estimate of drug-likeness (QED) is 0.191. The Bertz CT molecular complexity index is 1230. The van der Waals surface area contributed by atoms with E-state index in [9.17, 15) is 61.9 Å². The van der Waals surface area contributed by atoms with Crippen LogP contribution in [0.25, 0.3) is 0 Å². The van der Waals surface area contributed by atoms with Gasteiger partial charge >= 0.3 is 22.7 Å². The summed E-state index contributed by atoms with van der Waals surface area (Å²) in [4.78, 5) is 23.6. The molecule has 0 saturated heterocycles. The van der Waals surface area contributed by atoms with Crippen LogP contribution in [0.4, 0.5) is 35.9 Å². The number of nitrogens with one attached hydrogen (secondary N) is 2. The molecule has 2 atom stereocenters. The first-order valence-electron chi connectivity index (χ1n) is 14.3. The van der Waals surface area contributed by atoms with Crippen LogP contribution < -0.4 is 10.6 Å². The molecule has 2 fully saturated rings. The zero-order valence-electron chi connectivity index (χ0n) is 24.8. The number of carbonyl (C=O) groups is 2. The average molecular weight is 764 g/mol. The van der Waals surface area contributed by atoms with Crippen molar-refractivity contribution in [2.24, 2.45) is 0 Å². The van der Waals surface area contributed by atoms with Crippen LogP contribution in [0.2, 0.25) is 0 Å². The Balaban J connectivity index is 0.000000752. The van der Waals surface area contributed by atoms with Crippen LogP contribution in [0.1, 0.15) is 71.6 Å². The number of hydrogen-bond acceptors (Lipinski definition) is 10. The minimum absolute atomic E-state index is 0. The Hall–Kier alpha value is -2.49. The smallest absolute Gasteiger partial charge is 0.407 e.